The number of ether oxygens (including phenoxy) is 2. The lowest BCUT2D eigenvalue weighted by molar-refractivity contribution is 0.199. The summed E-state index contributed by atoms with van der Waals surface area (Å²) in [4.78, 5) is 2.50. The molecule has 6 nitrogen and oxygen atoms in total. The molecule has 2 aromatic rings. The van der Waals surface area contributed by atoms with Crippen LogP contribution in [0.15, 0.2) is 24.5 Å². The molecular weight excluding hydrogens is 328 g/mol. The Kier molecular flexibility index (Phi) is 6.14. The van der Waals surface area contributed by atoms with E-state index in [9.17, 15) is 0 Å². The van der Waals surface area contributed by atoms with Crippen LogP contribution in [-0.2, 0) is 6.54 Å². The number of piperidine rings is 1. The van der Waals surface area contributed by atoms with Gasteiger partial charge in [0.25, 0.3) is 0 Å². The first kappa shape index (κ1) is 18.7. The van der Waals surface area contributed by atoms with Crippen molar-refractivity contribution in [3.8, 4) is 11.5 Å². The number of rotatable bonds is 7. The average molecular weight is 358 g/mol. The number of likely N-dealkylation sites (tertiary alicyclic amines) is 1. The average Bonchev–Trinajstić information content (AvgIpc) is 3.14. The molecule has 1 fully saturated rings. The van der Waals surface area contributed by atoms with Gasteiger partial charge in [-0.25, -0.2) is 0 Å². The fraction of sp³-hybridized carbons (Fsp3) is 0.600. The van der Waals surface area contributed by atoms with E-state index in [-0.39, 0.29) is 0 Å². The van der Waals surface area contributed by atoms with Gasteiger partial charge in [-0.15, -0.1) is 10.2 Å². The minimum Gasteiger partial charge on any atom is -0.493 e. The van der Waals surface area contributed by atoms with Gasteiger partial charge in [-0.3, -0.25) is 4.90 Å². The third-order valence-corrected chi connectivity index (χ3v) is 5.04. The molecule has 0 N–H and O–H groups in total. The number of nitrogens with zero attached hydrogens (tertiary/aromatic N) is 4. The van der Waals surface area contributed by atoms with Crippen LogP contribution in [0.25, 0.3) is 0 Å². The predicted molar refractivity (Wildman–Crippen MR) is 102 cm³/mol. The van der Waals surface area contributed by atoms with E-state index in [0.29, 0.717) is 18.6 Å². The highest BCUT2D eigenvalue weighted by Crippen LogP contribution is 2.31. The Morgan fingerprint density at radius 1 is 1.19 bits per heavy atom. The smallest absolute Gasteiger partial charge is 0.161 e. The summed E-state index contributed by atoms with van der Waals surface area (Å²) in [5.74, 6) is 3.27. The molecule has 2 heterocycles. The number of benzene rings is 1. The molecule has 6 heteroatoms. The van der Waals surface area contributed by atoms with Crippen molar-refractivity contribution < 1.29 is 9.47 Å². The Morgan fingerprint density at radius 2 is 1.96 bits per heavy atom. The van der Waals surface area contributed by atoms with Crippen LogP contribution in [0.3, 0.4) is 0 Å². The van der Waals surface area contributed by atoms with Gasteiger partial charge in [0.05, 0.1) is 13.7 Å². The van der Waals surface area contributed by atoms with E-state index in [0.717, 1.165) is 49.8 Å². The highest BCUT2D eigenvalue weighted by Gasteiger charge is 2.25. The Bertz CT molecular complexity index is 706. The van der Waals surface area contributed by atoms with Crippen LogP contribution in [0, 0.1) is 0 Å². The highest BCUT2D eigenvalue weighted by atomic mass is 16.5. The van der Waals surface area contributed by atoms with E-state index >= 15 is 0 Å². The van der Waals surface area contributed by atoms with Crippen LogP contribution in [0.5, 0.6) is 11.5 Å². The summed E-state index contributed by atoms with van der Waals surface area (Å²) >= 11 is 0. The molecule has 0 bridgehead atoms. The molecule has 1 aromatic carbocycles. The molecule has 0 spiro atoms. The molecule has 1 aromatic heterocycles. The maximum Gasteiger partial charge on any atom is 0.161 e. The fourth-order valence-corrected chi connectivity index (χ4v) is 3.63. The van der Waals surface area contributed by atoms with Crippen LogP contribution in [0.4, 0.5) is 0 Å². The summed E-state index contributed by atoms with van der Waals surface area (Å²) in [5, 5.41) is 8.51. The number of hydrogen-bond donors (Lipinski definition) is 0. The molecule has 0 saturated carbocycles. The molecule has 26 heavy (non-hydrogen) atoms. The van der Waals surface area contributed by atoms with Gasteiger partial charge in [0.2, 0.25) is 0 Å². The minimum absolute atomic E-state index is 0.411. The van der Waals surface area contributed by atoms with Crippen LogP contribution in [0.2, 0.25) is 0 Å². The number of hydrogen-bond acceptors (Lipinski definition) is 5. The summed E-state index contributed by atoms with van der Waals surface area (Å²) < 4.78 is 13.3. The Hall–Kier alpha value is -2.08. The Balaban J connectivity index is 1.59. The first-order valence-electron chi connectivity index (χ1n) is 9.53. The van der Waals surface area contributed by atoms with E-state index in [1.54, 1.807) is 7.11 Å². The molecule has 0 radical (unpaired) electrons. The van der Waals surface area contributed by atoms with Crippen LogP contribution >= 0.6 is 0 Å². The summed E-state index contributed by atoms with van der Waals surface area (Å²) in [6.45, 7) is 10.1. The van der Waals surface area contributed by atoms with E-state index < -0.39 is 0 Å². The second kappa shape index (κ2) is 8.54. The van der Waals surface area contributed by atoms with Crippen molar-refractivity contribution in [2.45, 2.75) is 52.1 Å². The quantitative estimate of drug-likeness (QED) is 0.756. The van der Waals surface area contributed by atoms with Gasteiger partial charge in [0.15, 0.2) is 11.5 Å². The third-order valence-electron chi connectivity index (χ3n) is 5.04. The maximum atomic E-state index is 5.60. The molecule has 0 amide bonds. The predicted octanol–water partition coefficient (Wildman–Crippen LogP) is 3.65. The van der Waals surface area contributed by atoms with Crippen molar-refractivity contribution in [3.05, 3.63) is 35.9 Å². The van der Waals surface area contributed by atoms with Crippen LogP contribution < -0.4 is 9.47 Å². The first-order chi connectivity index (χ1) is 12.6. The van der Waals surface area contributed by atoms with Gasteiger partial charge in [-0.1, -0.05) is 6.07 Å². The molecule has 142 valence electrons. The van der Waals surface area contributed by atoms with Crippen molar-refractivity contribution in [3.63, 3.8) is 0 Å². The highest BCUT2D eigenvalue weighted by molar-refractivity contribution is 5.43. The van der Waals surface area contributed by atoms with Gasteiger partial charge >= 0.3 is 0 Å². The van der Waals surface area contributed by atoms with Gasteiger partial charge in [0, 0.05) is 18.5 Å². The van der Waals surface area contributed by atoms with Crippen molar-refractivity contribution in [2.24, 2.45) is 0 Å². The fourth-order valence-electron chi connectivity index (χ4n) is 3.63. The zero-order chi connectivity index (χ0) is 18.5. The molecule has 0 unspecified atom stereocenters. The summed E-state index contributed by atoms with van der Waals surface area (Å²) in [6, 6.07) is 6.64. The molecule has 3 rings (SSSR count). The lowest BCUT2D eigenvalue weighted by Gasteiger charge is -2.32. The molecular formula is C20H30N4O2. The SMILES string of the molecule is CCOc1ccc(CN2CCC(c3nncn3C(C)C)CC2)cc1OC. The molecule has 0 atom stereocenters. The lowest BCUT2D eigenvalue weighted by atomic mass is 9.95. The van der Waals surface area contributed by atoms with E-state index in [2.05, 4.69) is 45.6 Å². The monoisotopic (exact) mass is 358 g/mol. The Labute approximate surface area is 156 Å². The van der Waals surface area contributed by atoms with E-state index in [1.165, 1.54) is 5.56 Å². The van der Waals surface area contributed by atoms with Crippen LogP contribution in [-0.4, -0.2) is 46.5 Å². The zero-order valence-corrected chi connectivity index (χ0v) is 16.3. The van der Waals surface area contributed by atoms with E-state index in [1.807, 2.05) is 19.3 Å². The van der Waals surface area contributed by atoms with E-state index in [4.69, 9.17) is 9.47 Å². The molecule has 1 saturated heterocycles. The van der Waals surface area contributed by atoms with Gasteiger partial charge in [-0.2, -0.15) is 0 Å². The standard InChI is InChI=1S/C20H30N4O2/c1-5-26-18-7-6-16(12-19(18)25-4)13-23-10-8-17(9-11-23)20-22-21-14-24(20)15(2)3/h6-7,12,14-15,17H,5,8-11,13H2,1-4H3. The second-order valence-corrected chi connectivity index (χ2v) is 7.16. The summed E-state index contributed by atoms with van der Waals surface area (Å²) in [5.41, 5.74) is 1.26. The topological polar surface area (TPSA) is 52.4 Å². The number of aromatic nitrogens is 3. The molecule has 1 aliphatic heterocycles. The third kappa shape index (κ3) is 4.18. The lowest BCUT2D eigenvalue weighted by Crippen LogP contribution is -2.33. The zero-order valence-electron chi connectivity index (χ0n) is 16.3. The molecule has 1 aliphatic rings. The minimum atomic E-state index is 0.411. The normalized spacial score (nSPS) is 16.2. The molecule has 0 aliphatic carbocycles. The van der Waals surface area contributed by atoms with Crippen molar-refractivity contribution in [1.82, 2.24) is 19.7 Å². The van der Waals surface area contributed by atoms with Crippen molar-refractivity contribution >= 4 is 0 Å². The largest absolute Gasteiger partial charge is 0.493 e. The van der Waals surface area contributed by atoms with Crippen molar-refractivity contribution in [1.29, 1.82) is 0 Å². The summed E-state index contributed by atoms with van der Waals surface area (Å²) in [6.07, 6.45) is 4.11. The van der Waals surface area contributed by atoms with Crippen molar-refractivity contribution in [2.75, 3.05) is 26.8 Å². The van der Waals surface area contributed by atoms with Crippen LogP contribution in [0.1, 0.15) is 57.0 Å². The van der Waals surface area contributed by atoms with Gasteiger partial charge < -0.3 is 14.0 Å². The summed E-state index contributed by atoms with van der Waals surface area (Å²) in [7, 11) is 1.69. The maximum absolute atomic E-state index is 5.60. The van der Waals surface area contributed by atoms with Gasteiger partial charge in [0.1, 0.15) is 12.2 Å². The van der Waals surface area contributed by atoms with Gasteiger partial charge in [-0.05, 0) is 64.4 Å². The first-order valence-corrected chi connectivity index (χ1v) is 9.53. The second-order valence-electron chi connectivity index (χ2n) is 7.16. The Morgan fingerprint density at radius 3 is 2.62 bits per heavy atom. The number of methoxy groups -OCH3 is 1.